The van der Waals surface area contributed by atoms with Crippen molar-refractivity contribution in [1.29, 1.82) is 0 Å². The molecule has 1 spiro atoms. The van der Waals surface area contributed by atoms with Crippen molar-refractivity contribution in [2.75, 3.05) is 13.2 Å². The fourth-order valence-corrected chi connectivity index (χ4v) is 2.72. The Morgan fingerprint density at radius 2 is 1.94 bits per heavy atom. The van der Waals surface area contributed by atoms with Crippen molar-refractivity contribution in [3.8, 4) is 5.75 Å². The molecule has 3 nitrogen and oxygen atoms in total. The smallest absolute Gasteiger partial charge is 0.124 e. The molecule has 1 aromatic rings. The molecule has 3 rings (SSSR count). The monoisotopic (exact) mass is 219 g/mol. The number of para-hydroxylation sites is 1. The summed E-state index contributed by atoms with van der Waals surface area (Å²) in [5.41, 5.74) is 7.29. The van der Waals surface area contributed by atoms with E-state index in [1.807, 2.05) is 18.2 Å². The second-order valence-corrected chi connectivity index (χ2v) is 4.75. The third kappa shape index (κ3) is 1.60. The van der Waals surface area contributed by atoms with Crippen LogP contribution in [0.1, 0.15) is 30.9 Å². The van der Waals surface area contributed by atoms with Crippen molar-refractivity contribution in [2.45, 2.75) is 30.9 Å². The summed E-state index contributed by atoms with van der Waals surface area (Å²) in [4.78, 5) is 0. The Morgan fingerprint density at radius 1 is 1.19 bits per heavy atom. The normalized spacial score (nSPS) is 27.2. The Morgan fingerprint density at radius 3 is 2.75 bits per heavy atom. The number of benzene rings is 1. The Labute approximate surface area is 95.5 Å². The van der Waals surface area contributed by atoms with Crippen LogP contribution in [0.2, 0.25) is 0 Å². The van der Waals surface area contributed by atoms with Crippen LogP contribution in [0, 0.1) is 0 Å². The summed E-state index contributed by atoms with van der Waals surface area (Å²) in [5, 5.41) is 0. The summed E-state index contributed by atoms with van der Waals surface area (Å²) in [5.74, 6) is 0.961. The number of nitrogens with two attached hydrogens (primary N) is 1. The molecule has 1 aromatic carbocycles. The summed E-state index contributed by atoms with van der Waals surface area (Å²) in [6.45, 7) is 1.57. The second kappa shape index (κ2) is 3.75. The molecule has 0 radical (unpaired) electrons. The molecule has 1 fully saturated rings. The van der Waals surface area contributed by atoms with E-state index in [2.05, 4.69) is 6.07 Å². The van der Waals surface area contributed by atoms with Crippen LogP contribution in [0.15, 0.2) is 24.3 Å². The summed E-state index contributed by atoms with van der Waals surface area (Å²) >= 11 is 0. The third-order valence-electron chi connectivity index (χ3n) is 3.64. The first-order valence-electron chi connectivity index (χ1n) is 5.90. The average molecular weight is 219 g/mol. The third-order valence-corrected chi connectivity index (χ3v) is 3.64. The predicted octanol–water partition coefficient (Wildman–Crippen LogP) is 2.02. The maximum atomic E-state index is 6.23. The first-order chi connectivity index (χ1) is 7.79. The van der Waals surface area contributed by atoms with Gasteiger partial charge in [-0.2, -0.15) is 0 Å². The summed E-state index contributed by atoms with van der Waals surface area (Å²) in [7, 11) is 0. The Bertz CT molecular complexity index is 385. The molecule has 86 valence electrons. The quantitative estimate of drug-likeness (QED) is 0.726. The SMILES string of the molecule is NC1CC2(CCOCC2)Oc2ccccc21. The van der Waals surface area contributed by atoms with Gasteiger partial charge in [0.1, 0.15) is 11.4 Å². The van der Waals surface area contributed by atoms with Gasteiger partial charge < -0.3 is 15.2 Å². The van der Waals surface area contributed by atoms with Crippen molar-refractivity contribution >= 4 is 0 Å². The molecule has 0 aromatic heterocycles. The molecule has 3 heteroatoms. The van der Waals surface area contributed by atoms with Gasteiger partial charge in [-0.15, -0.1) is 0 Å². The molecular weight excluding hydrogens is 202 g/mol. The highest BCUT2D eigenvalue weighted by molar-refractivity contribution is 5.38. The van der Waals surface area contributed by atoms with E-state index in [0.717, 1.165) is 43.8 Å². The fraction of sp³-hybridized carbons (Fsp3) is 0.538. The molecule has 0 aliphatic carbocycles. The molecule has 0 saturated carbocycles. The molecule has 2 aliphatic heterocycles. The molecule has 1 atom stereocenters. The van der Waals surface area contributed by atoms with Gasteiger partial charge in [0, 0.05) is 30.9 Å². The van der Waals surface area contributed by atoms with Gasteiger partial charge in [-0.05, 0) is 6.07 Å². The second-order valence-electron chi connectivity index (χ2n) is 4.75. The Kier molecular flexibility index (Phi) is 2.37. The van der Waals surface area contributed by atoms with Crippen LogP contribution in [0.5, 0.6) is 5.75 Å². The topological polar surface area (TPSA) is 44.5 Å². The van der Waals surface area contributed by atoms with E-state index < -0.39 is 0 Å². The first-order valence-corrected chi connectivity index (χ1v) is 5.90. The zero-order valence-electron chi connectivity index (χ0n) is 9.32. The summed E-state index contributed by atoms with van der Waals surface area (Å²) in [6, 6.07) is 8.20. The van der Waals surface area contributed by atoms with Gasteiger partial charge in [-0.3, -0.25) is 0 Å². The van der Waals surface area contributed by atoms with Crippen molar-refractivity contribution in [2.24, 2.45) is 5.73 Å². The van der Waals surface area contributed by atoms with Crippen molar-refractivity contribution in [3.63, 3.8) is 0 Å². The van der Waals surface area contributed by atoms with Crippen LogP contribution in [0.25, 0.3) is 0 Å². The van der Waals surface area contributed by atoms with Gasteiger partial charge in [0.25, 0.3) is 0 Å². The predicted molar refractivity (Wildman–Crippen MR) is 61.4 cm³/mol. The number of fused-ring (bicyclic) bond motifs is 1. The number of hydrogen-bond donors (Lipinski definition) is 1. The lowest BCUT2D eigenvalue weighted by Gasteiger charge is -2.43. The van der Waals surface area contributed by atoms with Crippen LogP contribution in [-0.2, 0) is 4.74 Å². The molecule has 16 heavy (non-hydrogen) atoms. The minimum Gasteiger partial charge on any atom is -0.487 e. The van der Waals surface area contributed by atoms with Gasteiger partial charge in [0.15, 0.2) is 0 Å². The van der Waals surface area contributed by atoms with E-state index in [0.29, 0.717) is 0 Å². The van der Waals surface area contributed by atoms with Crippen LogP contribution >= 0.6 is 0 Å². The molecule has 2 aliphatic rings. The van der Waals surface area contributed by atoms with E-state index >= 15 is 0 Å². The van der Waals surface area contributed by atoms with Gasteiger partial charge in [0.2, 0.25) is 0 Å². The Hall–Kier alpha value is -1.06. The molecule has 2 N–H and O–H groups in total. The van der Waals surface area contributed by atoms with E-state index in [9.17, 15) is 0 Å². The van der Waals surface area contributed by atoms with Crippen molar-refractivity contribution < 1.29 is 9.47 Å². The molecular formula is C13H17NO2. The number of rotatable bonds is 0. The zero-order chi connectivity index (χ0) is 11.0. The first kappa shape index (κ1) is 10.1. The highest BCUT2D eigenvalue weighted by atomic mass is 16.5. The van der Waals surface area contributed by atoms with Crippen LogP contribution < -0.4 is 10.5 Å². The Balaban J connectivity index is 1.93. The zero-order valence-corrected chi connectivity index (χ0v) is 9.32. The minimum absolute atomic E-state index is 0.0774. The number of ether oxygens (including phenoxy) is 2. The van der Waals surface area contributed by atoms with Gasteiger partial charge in [-0.25, -0.2) is 0 Å². The van der Waals surface area contributed by atoms with E-state index in [1.165, 1.54) is 0 Å². The molecule has 1 unspecified atom stereocenters. The van der Waals surface area contributed by atoms with Crippen molar-refractivity contribution in [1.82, 2.24) is 0 Å². The van der Waals surface area contributed by atoms with Crippen LogP contribution in [0.4, 0.5) is 0 Å². The summed E-state index contributed by atoms with van der Waals surface area (Å²) < 4.78 is 11.6. The van der Waals surface area contributed by atoms with E-state index in [-0.39, 0.29) is 11.6 Å². The van der Waals surface area contributed by atoms with E-state index in [4.69, 9.17) is 15.2 Å². The standard InChI is InChI=1S/C13H17NO2/c14-11-9-13(5-7-15-8-6-13)16-12-4-2-1-3-10(11)12/h1-4,11H,5-9,14H2. The lowest BCUT2D eigenvalue weighted by atomic mass is 9.82. The highest BCUT2D eigenvalue weighted by Crippen LogP contribution is 2.42. The molecule has 2 heterocycles. The van der Waals surface area contributed by atoms with Gasteiger partial charge >= 0.3 is 0 Å². The number of hydrogen-bond acceptors (Lipinski definition) is 3. The fourth-order valence-electron chi connectivity index (χ4n) is 2.72. The molecule has 0 amide bonds. The lowest BCUT2D eigenvalue weighted by Crippen LogP contribution is -2.46. The molecule has 1 saturated heterocycles. The molecule has 0 bridgehead atoms. The summed E-state index contributed by atoms with van der Waals surface area (Å²) in [6.07, 6.45) is 2.82. The maximum Gasteiger partial charge on any atom is 0.124 e. The lowest BCUT2D eigenvalue weighted by molar-refractivity contribution is -0.0620. The highest BCUT2D eigenvalue weighted by Gasteiger charge is 2.40. The van der Waals surface area contributed by atoms with Gasteiger partial charge in [0.05, 0.1) is 13.2 Å². The average Bonchev–Trinajstić information content (AvgIpc) is 2.30. The maximum absolute atomic E-state index is 6.23. The van der Waals surface area contributed by atoms with Crippen LogP contribution in [0.3, 0.4) is 0 Å². The van der Waals surface area contributed by atoms with Crippen molar-refractivity contribution in [3.05, 3.63) is 29.8 Å². The largest absolute Gasteiger partial charge is 0.487 e. The van der Waals surface area contributed by atoms with Gasteiger partial charge in [-0.1, -0.05) is 18.2 Å². The minimum atomic E-state index is -0.0774. The van der Waals surface area contributed by atoms with Crippen LogP contribution in [-0.4, -0.2) is 18.8 Å². The van der Waals surface area contributed by atoms with E-state index in [1.54, 1.807) is 0 Å².